The van der Waals surface area contributed by atoms with Gasteiger partial charge in [-0.2, -0.15) is 0 Å². The van der Waals surface area contributed by atoms with Crippen molar-refractivity contribution < 1.29 is 13.2 Å². The van der Waals surface area contributed by atoms with Gasteiger partial charge in [0.05, 0.1) is 4.90 Å². The van der Waals surface area contributed by atoms with Crippen LogP contribution >= 0.6 is 0 Å². The van der Waals surface area contributed by atoms with E-state index >= 15 is 0 Å². The predicted octanol–water partition coefficient (Wildman–Crippen LogP) is 4.97. The number of hydrogen-bond donors (Lipinski definition) is 0. The van der Waals surface area contributed by atoms with Gasteiger partial charge in [0.2, 0.25) is 0 Å². The molecule has 0 amide bonds. The Hall–Kier alpha value is -1.55. The maximum Gasteiger partial charge on any atom is 0.185 e. The maximum atomic E-state index is 12.8. The molecule has 0 unspecified atom stereocenters. The fraction of sp³-hybridized carbons (Fsp3) is 0.500. The quantitative estimate of drug-likeness (QED) is 0.538. The molecular weight excluding hydrogens is 320 g/mol. The van der Waals surface area contributed by atoms with E-state index in [1.165, 1.54) is 17.6 Å². The largest absolute Gasteiger partial charge is 0.493 e. The van der Waals surface area contributed by atoms with E-state index in [1.807, 2.05) is 39.0 Å². The van der Waals surface area contributed by atoms with E-state index in [0.29, 0.717) is 17.3 Å². The predicted molar refractivity (Wildman–Crippen MR) is 98.7 cm³/mol. The fourth-order valence-electron chi connectivity index (χ4n) is 2.81. The topological polar surface area (TPSA) is 43.4 Å². The molecule has 24 heavy (non-hydrogen) atoms. The molecule has 0 bridgehead atoms. The van der Waals surface area contributed by atoms with Crippen molar-refractivity contribution in [3.05, 3.63) is 52.8 Å². The number of aryl methyl sites for hydroxylation is 1. The minimum absolute atomic E-state index is 0.0397. The molecule has 132 valence electrons. The summed E-state index contributed by atoms with van der Waals surface area (Å²) in [6.45, 7) is 6.42. The number of benzene rings is 1. The van der Waals surface area contributed by atoms with Gasteiger partial charge in [-0.15, -0.1) is 0 Å². The summed E-state index contributed by atoms with van der Waals surface area (Å²) in [5.41, 5.74) is 3.41. The van der Waals surface area contributed by atoms with Crippen LogP contribution in [0.4, 0.5) is 0 Å². The summed E-state index contributed by atoms with van der Waals surface area (Å²) in [5.74, 6) is 0.620. The molecule has 0 atom stereocenters. The Balaban J connectivity index is 2.23. The molecular formula is C20H28O3S. The summed E-state index contributed by atoms with van der Waals surface area (Å²) in [5, 5.41) is 0. The summed E-state index contributed by atoms with van der Waals surface area (Å²) in [4.78, 5) is 0.368. The van der Waals surface area contributed by atoms with E-state index in [-0.39, 0.29) is 5.75 Å². The lowest BCUT2D eigenvalue weighted by molar-refractivity contribution is 0.241. The van der Waals surface area contributed by atoms with Crippen LogP contribution in [-0.4, -0.2) is 20.8 Å². The summed E-state index contributed by atoms with van der Waals surface area (Å²) < 4.78 is 31.4. The van der Waals surface area contributed by atoms with E-state index in [4.69, 9.17) is 4.74 Å². The summed E-state index contributed by atoms with van der Waals surface area (Å²) in [6.07, 6.45) is 7.35. The average Bonchev–Trinajstić information content (AvgIpc) is 2.55. The van der Waals surface area contributed by atoms with E-state index in [2.05, 4.69) is 0 Å². The fourth-order valence-corrected chi connectivity index (χ4v) is 4.16. The molecule has 0 saturated heterocycles. The highest BCUT2D eigenvalue weighted by Gasteiger charge is 2.21. The number of sulfone groups is 1. The van der Waals surface area contributed by atoms with E-state index in [1.54, 1.807) is 12.1 Å². The zero-order valence-corrected chi connectivity index (χ0v) is 15.8. The molecule has 1 fully saturated rings. The molecule has 3 nitrogen and oxygen atoms in total. The lowest BCUT2D eigenvalue weighted by Gasteiger charge is -2.20. The van der Waals surface area contributed by atoms with Crippen LogP contribution in [-0.2, 0) is 14.6 Å². The summed E-state index contributed by atoms with van der Waals surface area (Å²) >= 11 is 0. The van der Waals surface area contributed by atoms with Gasteiger partial charge < -0.3 is 4.74 Å². The van der Waals surface area contributed by atoms with Crippen LogP contribution in [0, 0.1) is 6.92 Å². The molecule has 1 saturated carbocycles. The minimum atomic E-state index is -3.38. The van der Waals surface area contributed by atoms with Crippen molar-refractivity contribution in [2.45, 2.75) is 57.8 Å². The van der Waals surface area contributed by atoms with Crippen molar-refractivity contribution >= 4 is 9.84 Å². The number of hydrogen-bond acceptors (Lipinski definition) is 3. The maximum absolute atomic E-state index is 12.8. The van der Waals surface area contributed by atoms with Crippen LogP contribution in [0.2, 0.25) is 0 Å². The first-order chi connectivity index (χ1) is 11.4. The third kappa shape index (κ3) is 5.52. The zero-order chi connectivity index (χ0) is 17.6. The Morgan fingerprint density at radius 3 is 2.29 bits per heavy atom. The highest BCUT2D eigenvalue weighted by molar-refractivity contribution is 7.91. The second-order valence-electron chi connectivity index (χ2n) is 6.75. The van der Waals surface area contributed by atoms with Crippen molar-refractivity contribution in [2.75, 3.05) is 12.4 Å². The number of rotatable bonds is 6. The molecule has 0 aromatic heterocycles. The third-order valence-corrected chi connectivity index (χ3v) is 5.93. The van der Waals surface area contributed by atoms with Crippen LogP contribution < -0.4 is 0 Å². The molecule has 0 spiro atoms. The van der Waals surface area contributed by atoms with Crippen molar-refractivity contribution in [3.8, 4) is 0 Å². The van der Waals surface area contributed by atoms with Crippen LogP contribution in [0.1, 0.15) is 51.5 Å². The monoisotopic (exact) mass is 348 g/mol. The van der Waals surface area contributed by atoms with Crippen molar-refractivity contribution in [2.24, 2.45) is 0 Å². The van der Waals surface area contributed by atoms with Gasteiger partial charge in [-0.1, -0.05) is 29.7 Å². The molecule has 0 N–H and O–H groups in total. The van der Waals surface area contributed by atoms with E-state index in [9.17, 15) is 8.42 Å². The second kappa shape index (κ2) is 8.52. The lowest BCUT2D eigenvalue weighted by Crippen LogP contribution is -2.14. The summed E-state index contributed by atoms with van der Waals surface area (Å²) in [6, 6.07) is 7.04. The van der Waals surface area contributed by atoms with E-state index < -0.39 is 9.84 Å². The highest BCUT2D eigenvalue weighted by atomic mass is 32.2. The van der Waals surface area contributed by atoms with Crippen LogP contribution in [0.5, 0.6) is 0 Å². The molecule has 2 rings (SSSR count). The van der Waals surface area contributed by atoms with Gasteiger partial charge in [0.25, 0.3) is 0 Å². The first kappa shape index (κ1) is 18.8. The molecule has 1 aromatic carbocycles. The molecule has 0 radical (unpaired) electrons. The molecule has 4 heteroatoms. The van der Waals surface area contributed by atoms with Crippen LogP contribution in [0.3, 0.4) is 0 Å². The molecule has 1 aromatic rings. The first-order valence-electron chi connectivity index (χ1n) is 8.65. The van der Waals surface area contributed by atoms with Crippen LogP contribution in [0.15, 0.2) is 52.1 Å². The SMILES string of the molecule is CC(C)=CCOC(CS(=O)(=O)c1ccc(C)cc1)=C1CCCCC1. The standard InChI is InChI=1S/C20H28O3S/c1-16(2)13-14-23-20(18-7-5-4-6-8-18)15-24(21,22)19-11-9-17(3)10-12-19/h9-13H,4-8,14-15H2,1-3H3. The van der Waals surface area contributed by atoms with Gasteiger partial charge in [-0.3, -0.25) is 0 Å². The molecule has 0 aliphatic heterocycles. The second-order valence-corrected chi connectivity index (χ2v) is 8.74. The van der Waals surface area contributed by atoms with E-state index in [0.717, 1.165) is 31.2 Å². The Morgan fingerprint density at radius 2 is 1.71 bits per heavy atom. The van der Waals surface area contributed by atoms with Crippen molar-refractivity contribution in [1.29, 1.82) is 0 Å². The Labute approximate surface area is 146 Å². The van der Waals surface area contributed by atoms with Crippen LogP contribution in [0.25, 0.3) is 0 Å². The Bertz CT molecular complexity index is 698. The van der Waals surface area contributed by atoms with Gasteiger partial charge in [-0.05, 0) is 70.2 Å². The van der Waals surface area contributed by atoms with Gasteiger partial charge in [-0.25, -0.2) is 8.42 Å². The molecule has 1 aliphatic carbocycles. The Morgan fingerprint density at radius 1 is 1.08 bits per heavy atom. The smallest absolute Gasteiger partial charge is 0.185 e. The number of allylic oxidation sites excluding steroid dienone is 2. The van der Waals surface area contributed by atoms with Gasteiger partial charge in [0, 0.05) is 0 Å². The minimum Gasteiger partial charge on any atom is -0.493 e. The molecule has 0 heterocycles. The van der Waals surface area contributed by atoms with Gasteiger partial charge in [0.15, 0.2) is 9.84 Å². The Kier molecular flexibility index (Phi) is 6.67. The highest BCUT2D eigenvalue weighted by Crippen LogP contribution is 2.28. The third-order valence-electron chi connectivity index (χ3n) is 4.30. The van der Waals surface area contributed by atoms with Gasteiger partial charge in [0.1, 0.15) is 18.1 Å². The normalized spacial score (nSPS) is 15.0. The first-order valence-corrected chi connectivity index (χ1v) is 10.3. The number of ether oxygens (including phenoxy) is 1. The van der Waals surface area contributed by atoms with Gasteiger partial charge >= 0.3 is 0 Å². The van der Waals surface area contributed by atoms with Crippen molar-refractivity contribution in [1.82, 2.24) is 0 Å². The van der Waals surface area contributed by atoms with Crippen molar-refractivity contribution in [3.63, 3.8) is 0 Å². The average molecular weight is 349 g/mol. The zero-order valence-electron chi connectivity index (χ0n) is 15.0. The summed E-state index contributed by atoms with van der Waals surface area (Å²) in [7, 11) is -3.38. The lowest BCUT2D eigenvalue weighted by atomic mass is 9.94. The molecule has 1 aliphatic rings.